The lowest BCUT2D eigenvalue weighted by molar-refractivity contribution is 0.0191. The second-order valence-electron chi connectivity index (χ2n) is 6.88. The van der Waals surface area contributed by atoms with Crippen molar-refractivity contribution in [3.8, 4) is 23.0 Å². The van der Waals surface area contributed by atoms with Gasteiger partial charge in [0.05, 0.1) is 32.5 Å². The summed E-state index contributed by atoms with van der Waals surface area (Å²) in [5.74, 6) is 2.68. The first-order chi connectivity index (χ1) is 12.7. The molecule has 6 heteroatoms. The van der Waals surface area contributed by atoms with E-state index < -0.39 is 0 Å². The molecule has 0 bridgehead atoms. The van der Waals surface area contributed by atoms with Crippen LogP contribution in [0.25, 0.3) is 0 Å². The maximum absolute atomic E-state index is 9.82. The number of hydrogen-bond acceptors (Lipinski definition) is 6. The summed E-state index contributed by atoms with van der Waals surface area (Å²) in [6, 6.07) is 11.4. The molecule has 5 rings (SSSR count). The van der Waals surface area contributed by atoms with Crippen LogP contribution < -0.4 is 14.2 Å². The third-order valence-corrected chi connectivity index (χ3v) is 5.52. The van der Waals surface area contributed by atoms with E-state index in [4.69, 9.17) is 23.7 Å². The third kappa shape index (κ3) is 2.40. The number of phenolic OH excluding ortho intramolecular Hbond substituents is 1. The molecule has 3 aliphatic rings. The Morgan fingerprint density at radius 1 is 0.885 bits per heavy atom. The smallest absolute Gasteiger partial charge is 0.231 e. The van der Waals surface area contributed by atoms with Gasteiger partial charge in [-0.05, 0) is 35.4 Å². The highest BCUT2D eigenvalue weighted by Gasteiger charge is 2.48. The Bertz CT molecular complexity index is 810. The molecule has 6 nitrogen and oxygen atoms in total. The van der Waals surface area contributed by atoms with Crippen molar-refractivity contribution in [2.24, 2.45) is 11.8 Å². The summed E-state index contributed by atoms with van der Waals surface area (Å²) in [6.45, 7) is 1.54. The summed E-state index contributed by atoms with van der Waals surface area (Å²) < 4.78 is 28.4. The topological polar surface area (TPSA) is 66.4 Å². The number of hydrogen-bond donors (Lipinski definition) is 1. The Morgan fingerprint density at radius 2 is 1.54 bits per heavy atom. The highest BCUT2D eigenvalue weighted by atomic mass is 16.7. The highest BCUT2D eigenvalue weighted by molar-refractivity contribution is 5.46. The van der Waals surface area contributed by atoms with Gasteiger partial charge in [0.15, 0.2) is 23.0 Å². The van der Waals surface area contributed by atoms with E-state index in [9.17, 15) is 5.11 Å². The number of rotatable bonds is 3. The van der Waals surface area contributed by atoms with Gasteiger partial charge in [-0.25, -0.2) is 0 Å². The fourth-order valence-electron chi connectivity index (χ4n) is 4.20. The summed E-state index contributed by atoms with van der Waals surface area (Å²) in [5.41, 5.74) is 2.09. The fourth-order valence-corrected chi connectivity index (χ4v) is 4.20. The molecule has 2 aromatic rings. The quantitative estimate of drug-likeness (QED) is 0.911. The van der Waals surface area contributed by atoms with Crippen molar-refractivity contribution in [3.05, 3.63) is 47.5 Å². The number of fused-ring (bicyclic) bond motifs is 2. The van der Waals surface area contributed by atoms with E-state index in [1.165, 1.54) is 0 Å². The van der Waals surface area contributed by atoms with Crippen molar-refractivity contribution in [1.29, 1.82) is 0 Å². The maximum Gasteiger partial charge on any atom is 0.231 e. The maximum atomic E-state index is 9.82. The molecule has 1 N–H and O–H groups in total. The van der Waals surface area contributed by atoms with Crippen LogP contribution >= 0.6 is 0 Å². The van der Waals surface area contributed by atoms with Crippen molar-refractivity contribution in [2.75, 3.05) is 27.1 Å². The summed E-state index contributed by atoms with van der Waals surface area (Å²) >= 11 is 0. The van der Waals surface area contributed by atoms with E-state index in [0.717, 1.165) is 22.6 Å². The first-order valence-electron chi connectivity index (χ1n) is 8.74. The predicted octanol–water partition coefficient (Wildman–Crippen LogP) is 3.20. The average molecular weight is 356 g/mol. The van der Waals surface area contributed by atoms with Crippen molar-refractivity contribution in [1.82, 2.24) is 0 Å². The predicted molar refractivity (Wildman–Crippen MR) is 91.6 cm³/mol. The van der Waals surface area contributed by atoms with Gasteiger partial charge in [0.1, 0.15) is 0 Å². The standard InChI is InChI=1S/C20H20O6/c1-22-17-6-11(2-4-15(17)21)19-13-8-24-20(14(13)9-23-19)12-3-5-16-18(7-12)26-10-25-16/h2-7,13-14,19-21H,8-10H2,1H3/t13-,14+,19+,20-/m0/s1. The summed E-state index contributed by atoms with van der Waals surface area (Å²) in [6.07, 6.45) is -0.0768. The van der Waals surface area contributed by atoms with Crippen molar-refractivity contribution in [3.63, 3.8) is 0 Å². The largest absolute Gasteiger partial charge is 0.504 e. The van der Waals surface area contributed by atoms with Crippen LogP contribution in [0.2, 0.25) is 0 Å². The van der Waals surface area contributed by atoms with Gasteiger partial charge in [-0.3, -0.25) is 0 Å². The average Bonchev–Trinajstić information content (AvgIpc) is 3.37. The molecule has 0 unspecified atom stereocenters. The first kappa shape index (κ1) is 15.8. The van der Waals surface area contributed by atoms with Crippen LogP contribution in [-0.4, -0.2) is 32.2 Å². The molecule has 2 saturated heterocycles. The molecular weight excluding hydrogens is 336 g/mol. The summed E-state index contributed by atoms with van der Waals surface area (Å²) in [4.78, 5) is 0. The summed E-state index contributed by atoms with van der Waals surface area (Å²) in [7, 11) is 1.55. The molecule has 0 radical (unpaired) electrons. The van der Waals surface area contributed by atoms with Crippen molar-refractivity contribution in [2.45, 2.75) is 12.2 Å². The van der Waals surface area contributed by atoms with Crippen LogP contribution in [0, 0.1) is 11.8 Å². The minimum absolute atomic E-state index is 0.0153. The third-order valence-electron chi connectivity index (χ3n) is 5.52. The van der Waals surface area contributed by atoms with Gasteiger partial charge in [0.25, 0.3) is 0 Å². The van der Waals surface area contributed by atoms with Crippen LogP contribution in [0.15, 0.2) is 36.4 Å². The number of methoxy groups -OCH3 is 1. The van der Waals surface area contributed by atoms with E-state index in [1.807, 2.05) is 30.3 Å². The fraction of sp³-hybridized carbons (Fsp3) is 0.400. The SMILES string of the molecule is COc1cc([C@H]2OC[C@@H]3[C@@H]2CO[C@H]3c2ccc3c(c2)OCO3)ccc1O. The zero-order valence-corrected chi connectivity index (χ0v) is 14.4. The van der Waals surface area contributed by atoms with E-state index in [0.29, 0.717) is 19.0 Å². The van der Waals surface area contributed by atoms with E-state index >= 15 is 0 Å². The first-order valence-corrected chi connectivity index (χ1v) is 8.74. The molecule has 0 saturated carbocycles. The lowest BCUT2D eigenvalue weighted by Gasteiger charge is -2.17. The van der Waals surface area contributed by atoms with Crippen LogP contribution in [-0.2, 0) is 9.47 Å². The molecule has 0 aromatic heterocycles. The molecule has 4 atom stereocenters. The van der Waals surface area contributed by atoms with Gasteiger partial charge in [-0.15, -0.1) is 0 Å². The number of aromatic hydroxyl groups is 1. The van der Waals surface area contributed by atoms with E-state index in [1.54, 1.807) is 13.2 Å². The highest BCUT2D eigenvalue weighted by Crippen LogP contribution is 2.51. The zero-order chi connectivity index (χ0) is 17.7. The number of phenols is 1. The van der Waals surface area contributed by atoms with Gasteiger partial charge < -0.3 is 28.8 Å². The molecule has 2 fully saturated rings. The Morgan fingerprint density at radius 3 is 2.27 bits per heavy atom. The van der Waals surface area contributed by atoms with Gasteiger partial charge in [-0.2, -0.15) is 0 Å². The van der Waals surface area contributed by atoms with Crippen LogP contribution in [0.1, 0.15) is 23.3 Å². The number of ether oxygens (including phenoxy) is 5. The van der Waals surface area contributed by atoms with Crippen LogP contribution in [0.5, 0.6) is 23.0 Å². The van der Waals surface area contributed by atoms with Crippen molar-refractivity contribution >= 4 is 0 Å². The molecule has 26 heavy (non-hydrogen) atoms. The lowest BCUT2D eigenvalue weighted by atomic mass is 9.85. The van der Waals surface area contributed by atoms with Crippen molar-refractivity contribution < 1.29 is 28.8 Å². The second-order valence-corrected chi connectivity index (χ2v) is 6.88. The summed E-state index contributed by atoms with van der Waals surface area (Å²) in [5, 5.41) is 9.82. The Hall–Kier alpha value is -2.44. The van der Waals surface area contributed by atoms with E-state index in [2.05, 4.69) is 0 Å². The van der Waals surface area contributed by atoms with Gasteiger partial charge >= 0.3 is 0 Å². The van der Waals surface area contributed by atoms with Crippen LogP contribution in [0.3, 0.4) is 0 Å². The van der Waals surface area contributed by atoms with Gasteiger partial charge in [-0.1, -0.05) is 12.1 Å². The Balaban J connectivity index is 1.40. The molecular formula is C20H20O6. The molecule has 0 amide bonds. The van der Waals surface area contributed by atoms with Gasteiger partial charge in [0, 0.05) is 11.8 Å². The monoisotopic (exact) mass is 356 g/mol. The Labute approximate surface area is 151 Å². The molecule has 3 heterocycles. The molecule has 136 valence electrons. The normalized spacial score (nSPS) is 29.0. The second kappa shape index (κ2) is 6.07. The minimum atomic E-state index is -0.0616. The number of benzene rings is 2. The zero-order valence-electron chi connectivity index (χ0n) is 14.4. The molecule has 3 aliphatic heterocycles. The lowest BCUT2D eigenvalue weighted by Crippen LogP contribution is -2.14. The van der Waals surface area contributed by atoms with E-state index in [-0.39, 0.29) is 36.6 Å². The molecule has 0 aliphatic carbocycles. The Kier molecular flexibility index (Phi) is 3.69. The molecule has 0 spiro atoms. The molecule has 2 aromatic carbocycles. The minimum Gasteiger partial charge on any atom is -0.504 e. The van der Waals surface area contributed by atoms with Crippen LogP contribution in [0.4, 0.5) is 0 Å². The van der Waals surface area contributed by atoms with Gasteiger partial charge in [0.2, 0.25) is 6.79 Å².